The molecule has 4 nitrogen and oxygen atoms in total. The molecule has 1 aromatic carbocycles. The maximum Gasteiger partial charge on any atom is 0.226 e. The summed E-state index contributed by atoms with van der Waals surface area (Å²) in [5.74, 6) is 0.353. The molecular formula is C18H26N2O2. The zero-order chi connectivity index (χ0) is 15.9. The monoisotopic (exact) mass is 302 g/mol. The molecule has 1 aliphatic rings. The fourth-order valence-electron chi connectivity index (χ4n) is 2.74. The molecule has 0 aromatic heterocycles. The largest absolute Gasteiger partial charge is 0.353 e. The van der Waals surface area contributed by atoms with Gasteiger partial charge in [0.05, 0.1) is 6.42 Å². The number of nitrogens with zero attached hydrogens (tertiary/aromatic N) is 1. The number of carbonyl (C=O) groups is 2. The van der Waals surface area contributed by atoms with E-state index >= 15 is 0 Å². The van der Waals surface area contributed by atoms with Crippen LogP contribution in [-0.4, -0.2) is 35.8 Å². The van der Waals surface area contributed by atoms with Gasteiger partial charge >= 0.3 is 0 Å². The first-order valence-corrected chi connectivity index (χ1v) is 8.22. The molecule has 0 bridgehead atoms. The van der Waals surface area contributed by atoms with Crippen molar-refractivity contribution in [2.24, 2.45) is 5.92 Å². The molecule has 120 valence electrons. The third-order valence-corrected chi connectivity index (χ3v) is 4.42. The Bertz CT molecular complexity index is 493. The van der Waals surface area contributed by atoms with Crippen LogP contribution in [0.4, 0.5) is 0 Å². The lowest BCUT2D eigenvalue weighted by atomic mass is 9.95. The van der Waals surface area contributed by atoms with Gasteiger partial charge in [-0.1, -0.05) is 37.3 Å². The molecule has 2 rings (SSSR count). The number of hydrogen-bond donors (Lipinski definition) is 1. The molecule has 0 aliphatic carbocycles. The van der Waals surface area contributed by atoms with E-state index in [4.69, 9.17) is 0 Å². The molecule has 1 aromatic rings. The van der Waals surface area contributed by atoms with Gasteiger partial charge in [0.25, 0.3) is 0 Å². The van der Waals surface area contributed by atoms with E-state index in [9.17, 15) is 9.59 Å². The standard InChI is InChI=1S/C18H26N2O2/c1-3-14(2)19-18(22)16-9-11-20(12-10-16)17(21)13-15-7-5-4-6-8-15/h4-8,14,16H,3,9-13H2,1-2H3,(H,19,22). The number of rotatable bonds is 5. The number of benzene rings is 1. The molecule has 1 aliphatic heterocycles. The second-order valence-corrected chi connectivity index (χ2v) is 6.14. The summed E-state index contributed by atoms with van der Waals surface area (Å²) in [6.07, 6.45) is 2.93. The molecule has 1 N–H and O–H groups in total. The maximum absolute atomic E-state index is 12.3. The Hall–Kier alpha value is -1.84. The number of piperidine rings is 1. The van der Waals surface area contributed by atoms with Crippen molar-refractivity contribution in [2.75, 3.05) is 13.1 Å². The highest BCUT2D eigenvalue weighted by Crippen LogP contribution is 2.18. The van der Waals surface area contributed by atoms with Crippen molar-refractivity contribution in [3.63, 3.8) is 0 Å². The molecule has 0 radical (unpaired) electrons. The van der Waals surface area contributed by atoms with Gasteiger partial charge in [-0.25, -0.2) is 0 Å². The zero-order valence-corrected chi connectivity index (χ0v) is 13.5. The highest BCUT2D eigenvalue weighted by atomic mass is 16.2. The van der Waals surface area contributed by atoms with Gasteiger partial charge in [-0.3, -0.25) is 9.59 Å². The smallest absolute Gasteiger partial charge is 0.226 e. The minimum absolute atomic E-state index is 0.0507. The lowest BCUT2D eigenvalue weighted by molar-refractivity contribution is -0.135. The minimum Gasteiger partial charge on any atom is -0.353 e. The molecule has 1 fully saturated rings. The van der Waals surface area contributed by atoms with E-state index in [2.05, 4.69) is 12.2 Å². The molecule has 0 saturated carbocycles. The van der Waals surface area contributed by atoms with Crippen molar-refractivity contribution >= 4 is 11.8 Å². The Morgan fingerprint density at radius 1 is 1.23 bits per heavy atom. The van der Waals surface area contributed by atoms with Crippen molar-refractivity contribution in [3.05, 3.63) is 35.9 Å². The number of nitrogens with one attached hydrogen (secondary N) is 1. The van der Waals surface area contributed by atoms with Gasteiger partial charge in [0.2, 0.25) is 11.8 Å². The van der Waals surface area contributed by atoms with Crippen LogP contribution in [0.1, 0.15) is 38.7 Å². The Kier molecular flexibility index (Phi) is 5.99. The van der Waals surface area contributed by atoms with E-state index in [0.717, 1.165) is 24.8 Å². The third-order valence-electron chi connectivity index (χ3n) is 4.42. The summed E-state index contributed by atoms with van der Waals surface area (Å²) in [6.45, 7) is 5.46. The first-order chi connectivity index (χ1) is 10.6. The van der Waals surface area contributed by atoms with Gasteiger partial charge in [-0.05, 0) is 31.7 Å². The van der Waals surface area contributed by atoms with Crippen molar-refractivity contribution in [3.8, 4) is 0 Å². The Balaban J connectivity index is 1.79. The normalized spacial score (nSPS) is 17.1. The van der Waals surface area contributed by atoms with E-state index in [1.807, 2.05) is 42.2 Å². The average Bonchev–Trinajstić information content (AvgIpc) is 2.55. The first-order valence-electron chi connectivity index (χ1n) is 8.22. The van der Waals surface area contributed by atoms with Crippen molar-refractivity contribution in [1.82, 2.24) is 10.2 Å². The molecule has 1 heterocycles. The van der Waals surface area contributed by atoms with Crippen molar-refractivity contribution in [2.45, 2.75) is 45.6 Å². The number of hydrogen-bond acceptors (Lipinski definition) is 2. The van der Waals surface area contributed by atoms with Crippen LogP contribution in [0, 0.1) is 5.92 Å². The van der Waals surface area contributed by atoms with Crippen molar-refractivity contribution in [1.29, 1.82) is 0 Å². The van der Waals surface area contributed by atoms with Gasteiger partial charge in [0.1, 0.15) is 0 Å². The summed E-state index contributed by atoms with van der Waals surface area (Å²) in [5.41, 5.74) is 1.05. The topological polar surface area (TPSA) is 49.4 Å². The summed E-state index contributed by atoms with van der Waals surface area (Å²) in [5, 5.41) is 3.04. The first kappa shape index (κ1) is 16.5. The van der Waals surface area contributed by atoms with Crippen LogP contribution in [-0.2, 0) is 16.0 Å². The third kappa shape index (κ3) is 4.58. The van der Waals surface area contributed by atoms with Gasteiger partial charge in [-0.2, -0.15) is 0 Å². The van der Waals surface area contributed by atoms with E-state index in [1.165, 1.54) is 0 Å². The number of carbonyl (C=O) groups excluding carboxylic acids is 2. The molecule has 1 saturated heterocycles. The summed E-state index contributed by atoms with van der Waals surface area (Å²) in [6, 6.07) is 10.0. The van der Waals surface area contributed by atoms with Gasteiger partial charge in [0.15, 0.2) is 0 Å². The summed E-state index contributed by atoms with van der Waals surface area (Å²) >= 11 is 0. The van der Waals surface area contributed by atoms with Crippen LogP contribution in [0.5, 0.6) is 0 Å². The molecule has 2 amide bonds. The SMILES string of the molecule is CCC(C)NC(=O)C1CCN(C(=O)Cc2ccccc2)CC1. The zero-order valence-electron chi connectivity index (χ0n) is 13.5. The fourth-order valence-corrected chi connectivity index (χ4v) is 2.74. The summed E-state index contributed by atoms with van der Waals surface area (Å²) in [7, 11) is 0. The molecule has 1 unspecified atom stereocenters. The Morgan fingerprint density at radius 3 is 2.45 bits per heavy atom. The van der Waals surface area contributed by atoms with E-state index in [1.54, 1.807) is 0 Å². The minimum atomic E-state index is 0.0507. The van der Waals surface area contributed by atoms with Crippen LogP contribution >= 0.6 is 0 Å². The van der Waals surface area contributed by atoms with Crippen LogP contribution in [0.25, 0.3) is 0 Å². The van der Waals surface area contributed by atoms with E-state index in [-0.39, 0.29) is 23.8 Å². The average molecular weight is 302 g/mol. The second kappa shape index (κ2) is 7.97. The highest BCUT2D eigenvalue weighted by Gasteiger charge is 2.27. The van der Waals surface area contributed by atoms with Gasteiger partial charge in [0, 0.05) is 25.0 Å². The van der Waals surface area contributed by atoms with Crippen LogP contribution < -0.4 is 5.32 Å². The van der Waals surface area contributed by atoms with Crippen molar-refractivity contribution < 1.29 is 9.59 Å². The van der Waals surface area contributed by atoms with Crippen LogP contribution in [0.3, 0.4) is 0 Å². The quantitative estimate of drug-likeness (QED) is 0.908. The van der Waals surface area contributed by atoms with Gasteiger partial charge in [-0.15, -0.1) is 0 Å². The van der Waals surface area contributed by atoms with Crippen LogP contribution in [0.15, 0.2) is 30.3 Å². The Labute approximate surface area is 132 Å². The highest BCUT2D eigenvalue weighted by molar-refractivity contribution is 5.81. The fraction of sp³-hybridized carbons (Fsp3) is 0.556. The Morgan fingerprint density at radius 2 is 1.86 bits per heavy atom. The predicted molar refractivity (Wildman–Crippen MR) is 87.3 cm³/mol. The lowest BCUT2D eigenvalue weighted by Gasteiger charge is -2.32. The van der Waals surface area contributed by atoms with E-state index < -0.39 is 0 Å². The molecule has 0 spiro atoms. The summed E-state index contributed by atoms with van der Waals surface area (Å²) in [4.78, 5) is 26.3. The molecule has 4 heteroatoms. The molecule has 1 atom stereocenters. The van der Waals surface area contributed by atoms with Gasteiger partial charge < -0.3 is 10.2 Å². The molecule has 22 heavy (non-hydrogen) atoms. The summed E-state index contributed by atoms with van der Waals surface area (Å²) < 4.78 is 0. The van der Waals surface area contributed by atoms with E-state index in [0.29, 0.717) is 19.5 Å². The number of likely N-dealkylation sites (tertiary alicyclic amines) is 1. The maximum atomic E-state index is 12.3. The molecular weight excluding hydrogens is 276 g/mol. The lowest BCUT2D eigenvalue weighted by Crippen LogP contribution is -2.45. The number of amides is 2. The second-order valence-electron chi connectivity index (χ2n) is 6.14. The van der Waals surface area contributed by atoms with Crippen LogP contribution in [0.2, 0.25) is 0 Å². The predicted octanol–water partition coefficient (Wildman–Crippen LogP) is 2.38.